The summed E-state index contributed by atoms with van der Waals surface area (Å²) in [7, 11) is 0. The summed E-state index contributed by atoms with van der Waals surface area (Å²) in [6, 6.07) is 4.39. The molecule has 1 amide bonds. The number of fused-ring (bicyclic) bond motifs is 1. The van der Waals surface area contributed by atoms with Crippen LogP contribution in [0, 0.1) is 6.92 Å². The first-order chi connectivity index (χ1) is 13.5. The number of rotatable bonds is 5. The minimum absolute atomic E-state index is 0.0563. The number of nitrogens with zero attached hydrogens (tertiary/aromatic N) is 2. The van der Waals surface area contributed by atoms with E-state index < -0.39 is 0 Å². The van der Waals surface area contributed by atoms with Crippen LogP contribution in [0.3, 0.4) is 0 Å². The van der Waals surface area contributed by atoms with Gasteiger partial charge in [0.05, 0.1) is 22.4 Å². The number of thiophene rings is 2. The molecule has 6 nitrogen and oxygen atoms in total. The van der Waals surface area contributed by atoms with Crippen LogP contribution in [0.2, 0.25) is 0 Å². The highest BCUT2D eigenvalue weighted by molar-refractivity contribution is 7.20. The highest BCUT2D eigenvalue weighted by Gasteiger charge is 2.25. The van der Waals surface area contributed by atoms with Crippen molar-refractivity contribution in [2.75, 3.05) is 5.32 Å². The third-order valence-corrected chi connectivity index (χ3v) is 7.54. The fraction of sp³-hybridized carbons (Fsp3) is 0.450. The Morgan fingerprint density at radius 1 is 1.29 bits per heavy atom. The molecule has 1 aliphatic carbocycles. The molecule has 1 saturated carbocycles. The van der Waals surface area contributed by atoms with Gasteiger partial charge in [0, 0.05) is 10.9 Å². The van der Waals surface area contributed by atoms with Gasteiger partial charge in [-0.1, -0.05) is 6.07 Å². The zero-order valence-corrected chi connectivity index (χ0v) is 17.6. The molecule has 148 valence electrons. The summed E-state index contributed by atoms with van der Waals surface area (Å²) in [5, 5.41) is 19.2. The molecule has 0 aliphatic heterocycles. The highest BCUT2D eigenvalue weighted by atomic mass is 32.1. The zero-order chi connectivity index (χ0) is 19.7. The third kappa shape index (κ3) is 3.90. The number of nitrogens with one attached hydrogen (secondary N) is 2. The molecular formula is C20H24N4O2S2. The van der Waals surface area contributed by atoms with Gasteiger partial charge in [-0.3, -0.25) is 4.79 Å². The number of aromatic nitrogens is 2. The van der Waals surface area contributed by atoms with Crippen LogP contribution in [-0.2, 0) is 0 Å². The predicted octanol–water partition coefficient (Wildman–Crippen LogP) is 4.27. The molecule has 0 bridgehead atoms. The third-order valence-electron chi connectivity index (χ3n) is 5.29. The summed E-state index contributed by atoms with van der Waals surface area (Å²) in [4.78, 5) is 24.4. The van der Waals surface area contributed by atoms with Gasteiger partial charge in [0.25, 0.3) is 5.91 Å². The van der Waals surface area contributed by atoms with Gasteiger partial charge in [0.15, 0.2) is 0 Å². The smallest absolute Gasteiger partial charge is 0.261 e. The molecule has 0 unspecified atom stereocenters. The van der Waals surface area contributed by atoms with Gasteiger partial charge in [-0.05, 0) is 56.5 Å². The molecule has 3 aromatic heterocycles. The number of hydrogen-bond donors (Lipinski definition) is 3. The molecular weight excluding hydrogens is 392 g/mol. The first-order valence-corrected chi connectivity index (χ1v) is 11.3. The van der Waals surface area contributed by atoms with Crippen molar-refractivity contribution in [2.45, 2.75) is 57.7 Å². The monoisotopic (exact) mass is 416 g/mol. The van der Waals surface area contributed by atoms with Gasteiger partial charge in [0.1, 0.15) is 17.0 Å². The van der Waals surface area contributed by atoms with E-state index in [2.05, 4.69) is 39.0 Å². The average Bonchev–Trinajstić information content (AvgIpc) is 3.33. The largest absolute Gasteiger partial charge is 0.393 e. The Morgan fingerprint density at radius 2 is 2.07 bits per heavy atom. The van der Waals surface area contributed by atoms with Gasteiger partial charge in [0.2, 0.25) is 0 Å². The quantitative estimate of drug-likeness (QED) is 0.578. The Labute approximate surface area is 172 Å². The van der Waals surface area contributed by atoms with Crippen molar-refractivity contribution < 1.29 is 9.90 Å². The van der Waals surface area contributed by atoms with E-state index in [0.717, 1.165) is 47.3 Å². The molecule has 4 rings (SSSR count). The lowest BCUT2D eigenvalue weighted by molar-refractivity contribution is 0.0871. The average molecular weight is 417 g/mol. The van der Waals surface area contributed by atoms with Crippen LogP contribution in [0.1, 0.15) is 58.8 Å². The fourth-order valence-electron chi connectivity index (χ4n) is 3.68. The maximum Gasteiger partial charge on any atom is 0.261 e. The lowest BCUT2D eigenvalue weighted by Gasteiger charge is -2.26. The second-order valence-corrected chi connectivity index (χ2v) is 9.30. The van der Waals surface area contributed by atoms with E-state index in [-0.39, 0.29) is 24.1 Å². The van der Waals surface area contributed by atoms with E-state index >= 15 is 0 Å². The molecule has 0 saturated heterocycles. The van der Waals surface area contributed by atoms with Crippen LogP contribution in [-0.4, -0.2) is 33.1 Å². The Morgan fingerprint density at radius 3 is 2.79 bits per heavy atom. The van der Waals surface area contributed by atoms with Crippen molar-refractivity contribution in [1.29, 1.82) is 0 Å². The standard InChI is InChI=1S/C20H24N4O2S2/c1-11-16-18(23-12(2)15-4-3-9-27-15)21-10-22-20(16)28-17(11)19(26)24-13-5-7-14(25)8-6-13/h3-4,9-10,12-14,25H,5-8H2,1-2H3,(H,24,26)(H,21,22,23)/t12-,13?,14?/m0/s1. The van der Waals surface area contributed by atoms with Crippen molar-refractivity contribution in [3.63, 3.8) is 0 Å². The van der Waals surface area contributed by atoms with Crippen LogP contribution in [0.4, 0.5) is 5.82 Å². The number of carbonyl (C=O) groups excluding carboxylic acids is 1. The second-order valence-electron chi connectivity index (χ2n) is 7.32. The van der Waals surface area contributed by atoms with Gasteiger partial charge in [-0.2, -0.15) is 0 Å². The first-order valence-electron chi connectivity index (χ1n) is 9.56. The summed E-state index contributed by atoms with van der Waals surface area (Å²) in [6.07, 6.45) is 4.45. The van der Waals surface area contributed by atoms with E-state index in [1.807, 2.05) is 13.0 Å². The van der Waals surface area contributed by atoms with Crippen LogP contribution < -0.4 is 10.6 Å². The molecule has 1 fully saturated rings. The topological polar surface area (TPSA) is 87.1 Å². The van der Waals surface area contributed by atoms with Crippen LogP contribution >= 0.6 is 22.7 Å². The number of carbonyl (C=O) groups is 1. The highest BCUT2D eigenvalue weighted by Crippen LogP contribution is 2.35. The Balaban J connectivity index is 1.57. The van der Waals surface area contributed by atoms with Crippen molar-refractivity contribution in [1.82, 2.24) is 15.3 Å². The molecule has 3 heterocycles. The van der Waals surface area contributed by atoms with Crippen LogP contribution in [0.25, 0.3) is 10.2 Å². The fourth-order valence-corrected chi connectivity index (χ4v) is 5.47. The number of aryl methyl sites for hydroxylation is 1. The summed E-state index contributed by atoms with van der Waals surface area (Å²) in [5.41, 5.74) is 0.912. The normalized spacial score (nSPS) is 20.8. The summed E-state index contributed by atoms with van der Waals surface area (Å²) in [5.74, 6) is 0.707. The van der Waals surface area contributed by atoms with Crippen LogP contribution in [0.5, 0.6) is 0 Å². The van der Waals surface area contributed by atoms with E-state index in [9.17, 15) is 9.90 Å². The SMILES string of the molecule is Cc1c(C(=O)NC2CCC(O)CC2)sc2ncnc(N[C@@H](C)c3cccs3)c12. The lowest BCUT2D eigenvalue weighted by atomic mass is 9.93. The van der Waals surface area contributed by atoms with E-state index in [1.54, 1.807) is 17.7 Å². The molecule has 1 atom stereocenters. The Bertz CT molecular complexity index is 962. The minimum atomic E-state index is -0.228. The minimum Gasteiger partial charge on any atom is -0.393 e. The molecule has 1 aliphatic rings. The molecule has 8 heteroatoms. The number of amides is 1. The van der Waals surface area contributed by atoms with Gasteiger partial charge >= 0.3 is 0 Å². The molecule has 0 aromatic carbocycles. The van der Waals surface area contributed by atoms with Crippen molar-refractivity contribution >= 4 is 44.6 Å². The Hall–Kier alpha value is -2.03. The van der Waals surface area contributed by atoms with Gasteiger partial charge in [-0.25, -0.2) is 9.97 Å². The maximum absolute atomic E-state index is 12.9. The van der Waals surface area contributed by atoms with Gasteiger partial charge < -0.3 is 15.7 Å². The van der Waals surface area contributed by atoms with Crippen molar-refractivity contribution in [3.8, 4) is 0 Å². The zero-order valence-electron chi connectivity index (χ0n) is 15.9. The van der Waals surface area contributed by atoms with E-state index in [4.69, 9.17) is 0 Å². The van der Waals surface area contributed by atoms with E-state index in [1.165, 1.54) is 16.2 Å². The van der Waals surface area contributed by atoms with Crippen molar-refractivity contribution in [3.05, 3.63) is 39.2 Å². The van der Waals surface area contributed by atoms with Crippen molar-refractivity contribution in [2.24, 2.45) is 0 Å². The van der Waals surface area contributed by atoms with Crippen LogP contribution in [0.15, 0.2) is 23.8 Å². The summed E-state index contributed by atoms with van der Waals surface area (Å²) >= 11 is 3.11. The summed E-state index contributed by atoms with van der Waals surface area (Å²) in [6.45, 7) is 4.06. The summed E-state index contributed by atoms with van der Waals surface area (Å²) < 4.78 is 0. The molecule has 3 aromatic rings. The first kappa shape index (κ1) is 19.3. The van der Waals surface area contributed by atoms with Gasteiger partial charge in [-0.15, -0.1) is 22.7 Å². The second kappa shape index (κ2) is 8.14. The number of aliphatic hydroxyl groups is 1. The molecule has 0 radical (unpaired) electrons. The predicted molar refractivity (Wildman–Crippen MR) is 114 cm³/mol. The Kier molecular flexibility index (Phi) is 5.61. The number of hydrogen-bond acceptors (Lipinski definition) is 7. The lowest BCUT2D eigenvalue weighted by Crippen LogP contribution is -2.38. The molecule has 28 heavy (non-hydrogen) atoms. The maximum atomic E-state index is 12.9. The number of aliphatic hydroxyl groups excluding tert-OH is 1. The number of anilines is 1. The molecule has 3 N–H and O–H groups in total. The van der Waals surface area contributed by atoms with E-state index in [0.29, 0.717) is 4.88 Å². The molecule has 0 spiro atoms.